The van der Waals surface area contributed by atoms with Crippen molar-refractivity contribution in [1.29, 1.82) is 0 Å². The molecule has 6 rings (SSSR count). The number of nitrogens with one attached hydrogen (secondary N) is 2. The second-order valence-corrected chi connectivity index (χ2v) is 14.9. The summed E-state index contributed by atoms with van der Waals surface area (Å²) in [5.41, 5.74) is 0.904. The fourth-order valence-corrected chi connectivity index (χ4v) is 6.94. The van der Waals surface area contributed by atoms with Gasteiger partial charge >= 0.3 is 6.09 Å². The van der Waals surface area contributed by atoms with Crippen molar-refractivity contribution in [1.82, 2.24) is 29.7 Å². The molecule has 1 aliphatic carbocycles. The lowest BCUT2D eigenvalue weighted by Crippen LogP contribution is -2.44. The Bertz CT molecular complexity index is 1700. The highest BCUT2D eigenvalue weighted by Crippen LogP contribution is 2.53. The fourth-order valence-electron chi connectivity index (χ4n) is 6.94. The van der Waals surface area contributed by atoms with E-state index < -0.39 is 11.7 Å². The Labute approximate surface area is 286 Å². The summed E-state index contributed by atoms with van der Waals surface area (Å²) < 4.78 is 27.6. The molecule has 3 atom stereocenters. The summed E-state index contributed by atoms with van der Waals surface area (Å²) in [5, 5.41) is 10.7. The lowest BCUT2D eigenvalue weighted by atomic mass is 10.0. The van der Waals surface area contributed by atoms with Crippen LogP contribution in [0.4, 0.5) is 15.0 Å². The number of ether oxygens (including phenoxy) is 2. The largest absolute Gasteiger partial charge is 0.489 e. The van der Waals surface area contributed by atoms with Gasteiger partial charge in [0.1, 0.15) is 34.7 Å². The smallest absolute Gasteiger partial charge is 0.407 e. The zero-order valence-electron chi connectivity index (χ0n) is 29.1. The number of amides is 3. The first-order valence-corrected chi connectivity index (χ1v) is 17.4. The van der Waals surface area contributed by atoms with Crippen molar-refractivity contribution in [3.05, 3.63) is 53.6 Å². The number of alkyl carbamates (subject to hydrolysis) is 1. The molecule has 4 heterocycles. The van der Waals surface area contributed by atoms with Gasteiger partial charge in [-0.2, -0.15) is 5.10 Å². The van der Waals surface area contributed by atoms with Gasteiger partial charge in [0.05, 0.1) is 24.8 Å². The first-order chi connectivity index (χ1) is 23.3. The van der Waals surface area contributed by atoms with E-state index in [1.807, 2.05) is 39.5 Å². The van der Waals surface area contributed by atoms with Gasteiger partial charge in [0.15, 0.2) is 5.65 Å². The number of likely N-dealkylation sites (tertiary alicyclic amines) is 1. The van der Waals surface area contributed by atoms with Crippen LogP contribution in [0, 0.1) is 11.2 Å². The third kappa shape index (κ3) is 8.08. The molecule has 264 valence electrons. The minimum atomic E-state index is -0.572. The number of halogens is 1. The first kappa shape index (κ1) is 34.4. The highest BCUT2D eigenvalue weighted by atomic mass is 19.1. The van der Waals surface area contributed by atoms with Crippen molar-refractivity contribution in [2.24, 2.45) is 5.41 Å². The molecule has 3 aromatic rings. The molecule has 0 unspecified atom stereocenters. The number of hydrogen-bond donors (Lipinski definition) is 2. The predicted octanol–water partition coefficient (Wildman–Crippen LogP) is 5.73. The van der Waals surface area contributed by atoms with Gasteiger partial charge in [-0.15, -0.1) is 0 Å². The minimum Gasteiger partial charge on any atom is -0.489 e. The van der Waals surface area contributed by atoms with Crippen LogP contribution in [0.25, 0.3) is 5.65 Å². The topological polar surface area (TPSA) is 130 Å². The van der Waals surface area contributed by atoms with Gasteiger partial charge in [-0.05, 0) is 84.6 Å². The molecule has 2 aliphatic heterocycles. The Morgan fingerprint density at radius 1 is 1.12 bits per heavy atom. The third-order valence-electron chi connectivity index (χ3n) is 9.65. The van der Waals surface area contributed by atoms with E-state index in [0.717, 1.165) is 38.5 Å². The maximum atomic E-state index is 14.3. The van der Waals surface area contributed by atoms with Gasteiger partial charge < -0.3 is 29.9 Å². The summed E-state index contributed by atoms with van der Waals surface area (Å²) in [6.07, 6.45) is 8.14. The molecule has 1 saturated heterocycles. The summed E-state index contributed by atoms with van der Waals surface area (Å²) in [7, 11) is 0. The fraction of sp³-hybridized carbons (Fsp3) is 0.583. The molecule has 2 fully saturated rings. The average molecular weight is 678 g/mol. The molecule has 2 N–H and O–H groups in total. The summed E-state index contributed by atoms with van der Waals surface area (Å²) in [5.74, 6) is 0.652. The molecule has 1 aromatic carbocycles. The molecule has 49 heavy (non-hydrogen) atoms. The van der Waals surface area contributed by atoms with Gasteiger partial charge in [0, 0.05) is 43.2 Å². The quantitative estimate of drug-likeness (QED) is 0.289. The first-order valence-electron chi connectivity index (χ1n) is 17.4. The standard InChI is InChI=1S/C36H48FN7O5/c1-23-20-42(16-9-7-6-8-10-31(45)43-21-29(36(22-43)14-15-36)40-34(47)49-35(3,4)5)33(46)27-19-38-44-17-13-30(41-32(27)44)39-24(2)26-18-25(37)11-12-28(26)48-23/h11-13,17-19,23-24,29H,6-10,14-16,20-22H2,1-5H3,(H,39,41)(H,40,47)/t23-,24+,29-/m0/s1. The predicted molar refractivity (Wildman–Crippen MR) is 182 cm³/mol. The lowest BCUT2D eigenvalue weighted by Gasteiger charge is -2.27. The Kier molecular flexibility index (Phi) is 9.72. The van der Waals surface area contributed by atoms with E-state index in [1.54, 1.807) is 33.9 Å². The van der Waals surface area contributed by atoms with Crippen LogP contribution in [-0.4, -0.2) is 86.2 Å². The van der Waals surface area contributed by atoms with Gasteiger partial charge in [-0.1, -0.05) is 12.8 Å². The van der Waals surface area contributed by atoms with Crippen molar-refractivity contribution < 1.29 is 28.2 Å². The van der Waals surface area contributed by atoms with Crippen LogP contribution in [0.3, 0.4) is 0 Å². The van der Waals surface area contributed by atoms with Crippen molar-refractivity contribution in [3.8, 4) is 5.75 Å². The Balaban J connectivity index is 1.04. The van der Waals surface area contributed by atoms with E-state index in [1.165, 1.54) is 12.1 Å². The highest BCUT2D eigenvalue weighted by molar-refractivity contribution is 5.99. The molecule has 1 spiro atoms. The number of rotatable bonds is 8. The molecule has 2 bridgehead atoms. The monoisotopic (exact) mass is 677 g/mol. The SMILES string of the molecule is C[C@H]1CN(CCCCCCC(=O)N2C[C@H](NC(=O)OC(C)(C)C)C3(CC3)C2)C(=O)c2cnn3ccc(nc23)N[C@H](C)c2cc(F)ccc2O1. The molecule has 0 radical (unpaired) electrons. The second kappa shape index (κ2) is 13.8. The molecule has 3 amide bonds. The van der Waals surface area contributed by atoms with Crippen molar-refractivity contribution >= 4 is 29.4 Å². The summed E-state index contributed by atoms with van der Waals surface area (Å²) in [4.78, 5) is 47.8. The molecule has 13 heteroatoms. The van der Waals surface area contributed by atoms with E-state index in [4.69, 9.17) is 9.47 Å². The second-order valence-electron chi connectivity index (χ2n) is 14.9. The number of carbonyl (C=O) groups excluding carboxylic acids is 3. The third-order valence-corrected chi connectivity index (χ3v) is 9.65. The van der Waals surface area contributed by atoms with E-state index in [9.17, 15) is 18.8 Å². The average Bonchev–Trinajstić information content (AvgIpc) is 3.56. The van der Waals surface area contributed by atoms with Gasteiger partial charge in [0.25, 0.3) is 5.91 Å². The van der Waals surface area contributed by atoms with Gasteiger partial charge in [-0.3, -0.25) is 9.59 Å². The van der Waals surface area contributed by atoms with Crippen molar-refractivity contribution in [3.63, 3.8) is 0 Å². The maximum Gasteiger partial charge on any atom is 0.407 e. The van der Waals surface area contributed by atoms with Crippen LogP contribution in [0.2, 0.25) is 0 Å². The zero-order valence-corrected chi connectivity index (χ0v) is 29.1. The molecule has 3 aliphatic rings. The van der Waals surface area contributed by atoms with Crippen molar-refractivity contribution in [2.45, 2.75) is 103 Å². The summed E-state index contributed by atoms with van der Waals surface area (Å²) in [6, 6.07) is 5.84. The minimum absolute atomic E-state index is 0.0215. The molecular weight excluding hydrogens is 629 g/mol. The maximum absolute atomic E-state index is 14.3. The van der Waals surface area contributed by atoms with Gasteiger partial charge in [-0.25, -0.2) is 18.7 Å². The number of hydrogen-bond acceptors (Lipinski definition) is 8. The van der Waals surface area contributed by atoms with Crippen LogP contribution >= 0.6 is 0 Å². The zero-order chi connectivity index (χ0) is 34.9. The van der Waals surface area contributed by atoms with Crippen LogP contribution in [0.5, 0.6) is 5.75 Å². The lowest BCUT2D eigenvalue weighted by molar-refractivity contribution is -0.130. The number of fused-ring (bicyclic) bond motifs is 2. The van der Waals surface area contributed by atoms with Crippen LogP contribution < -0.4 is 15.4 Å². The Hall–Kier alpha value is -4.42. The Morgan fingerprint density at radius 3 is 2.65 bits per heavy atom. The van der Waals surface area contributed by atoms with E-state index in [-0.39, 0.29) is 41.2 Å². The van der Waals surface area contributed by atoms with Crippen LogP contribution in [0.15, 0.2) is 36.7 Å². The number of unbranched alkanes of at least 4 members (excludes halogenated alkanes) is 3. The van der Waals surface area contributed by atoms with Crippen LogP contribution in [-0.2, 0) is 9.53 Å². The van der Waals surface area contributed by atoms with E-state index in [0.29, 0.717) is 60.9 Å². The Morgan fingerprint density at radius 2 is 1.90 bits per heavy atom. The summed E-state index contributed by atoms with van der Waals surface area (Å²) >= 11 is 0. The number of carbonyl (C=O) groups is 3. The summed E-state index contributed by atoms with van der Waals surface area (Å²) in [6.45, 7) is 11.3. The molecular formula is C36H48FN7O5. The molecule has 2 aromatic heterocycles. The number of anilines is 1. The van der Waals surface area contributed by atoms with Gasteiger partial charge in [0.2, 0.25) is 5.91 Å². The highest BCUT2D eigenvalue weighted by Gasteiger charge is 2.56. The molecule has 1 saturated carbocycles. The number of nitrogens with zero attached hydrogens (tertiary/aromatic N) is 5. The normalized spacial score (nSPS) is 21.8. The van der Waals surface area contributed by atoms with Crippen molar-refractivity contribution in [2.75, 3.05) is 31.5 Å². The molecule has 12 nitrogen and oxygen atoms in total. The van der Waals surface area contributed by atoms with E-state index in [2.05, 4.69) is 20.7 Å². The van der Waals surface area contributed by atoms with Crippen LogP contribution in [0.1, 0.15) is 102 Å². The number of benzene rings is 1. The number of aromatic nitrogens is 3. The van der Waals surface area contributed by atoms with E-state index >= 15 is 0 Å².